The molecule has 2 aromatic rings. The van der Waals surface area contributed by atoms with Gasteiger partial charge in [-0.15, -0.1) is 0 Å². The van der Waals surface area contributed by atoms with Crippen LogP contribution in [0.3, 0.4) is 0 Å². The van der Waals surface area contributed by atoms with Crippen LogP contribution in [0.1, 0.15) is 72.4 Å². The van der Waals surface area contributed by atoms with Gasteiger partial charge in [-0.25, -0.2) is 0 Å². The average Bonchev–Trinajstić information content (AvgIpc) is 3.21. The molecule has 1 heterocycles. The summed E-state index contributed by atoms with van der Waals surface area (Å²) in [7, 11) is 1.02. The predicted molar refractivity (Wildman–Crippen MR) is 128 cm³/mol. The predicted octanol–water partition coefficient (Wildman–Crippen LogP) is 4.95. The lowest BCUT2D eigenvalue weighted by molar-refractivity contribution is -0.120. The third kappa shape index (κ3) is 4.88. The SMILES string of the molecule is C=C(CCCCC)c1cccc2c1CBC(NC(=O)Cc1ccc3c(c1)CCC3)C2. The van der Waals surface area contributed by atoms with E-state index in [0.29, 0.717) is 6.42 Å². The van der Waals surface area contributed by atoms with Crippen LogP contribution in [0, 0.1) is 0 Å². The number of aryl methyl sites for hydroxylation is 2. The summed E-state index contributed by atoms with van der Waals surface area (Å²) in [5.74, 6) is 0.393. The third-order valence-corrected chi connectivity index (χ3v) is 6.84. The highest BCUT2D eigenvalue weighted by atomic mass is 16.1. The van der Waals surface area contributed by atoms with Gasteiger partial charge in [0.25, 0.3) is 0 Å². The lowest BCUT2D eigenvalue weighted by atomic mass is 9.57. The number of nitrogens with one attached hydrogen (secondary N) is 1. The van der Waals surface area contributed by atoms with E-state index in [2.05, 4.69) is 55.2 Å². The second-order valence-electron chi connectivity index (χ2n) is 9.14. The first-order chi connectivity index (χ1) is 14.6. The van der Waals surface area contributed by atoms with Gasteiger partial charge in [-0.05, 0) is 83.8 Å². The Labute approximate surface area is 182 Å². The molecule has 1 atom stereocenters. The summed E-state index contributed by atoms with van der Waals surface area (Å²) in [4.78, 5) is 12.7. The van der Waals surface area contributed by atoms with Crippen molar-refractivity contribution in [3.63, 3.8) is 0 Å². The zero-order chi connectivity index (χ0) is 20.9. The molecule has 4 rings (SSSR count). The molecule has 0 fully saturated rings. The largest absolute Gasteiger partial charge is 0.360 e. The third-order valence-electron chi connectivity index (χ3n) is 6.84. The highest BCUT2D eigenvalue weighted by molar-refractivity contribution is 6.38. The van der Waals surface area contributed by atoms with Gasteiger partial charge in [0.05, 0.1) is 6.42 Å². The van der Waals surface area contributed by atoms with E-state index >= 15 is 0 Å². The molecule has 3 heteroatoms. The van der Waals surface area contributed by atoms with Crippen LogP contribution in [0.2, 0.25) is 0 Å². The smallest absolute Gasteiger partial charge is 0.224 e. The van der Waals surface area contributed by atoms with Crippen LogP contribution >= 0.6 is 0 Å². The fraction of sp³-hybridized carbons (Fsp3) is 0.444. The van der Waals surface area contributed by atoms with E-state index < -0.39 is 0 Å². The molecule has 1 N–H and O–H groups in total. The molecule has 0 radical (unpaired) electrons. The minimum Gasteiger partial charge on any atom is -0.360 e. The first-order valence-electron chi connectivity index (χ1n) is 11.8. The molecule has 1 aliphatic heterocycles. The number of fused-ring (bicyclic) bond motifs is 2. The second kappa shape index (κ2) is 9.68. The van der Waals surface area contributed by atoms with Crippen LogP contribution in [-0.4, -0.2) is 19.1 Å². The molecule has 1 unspecified atom stereocenters. The minimum atomic E-state index is 0.154. The lowest BCUT2D eigenvalue weighted by Crippen LogP contribution is -2.44. The molecule has 0 saturated carbocycles. The maximum absolute atomic E-state index is 12.7. The van der Waals surface area contributed by atoms with Gasteiger partial charge in [-0.3, -0.25) is 4.79 Å². The minimum absolute atomic E-state index is 0.154. The summed E-state index contributed by atoms with van der Waals surface area (Å²) in [6.45, 7) is 6.62. The fourth-order valence-electron chi connectivity index (χ4n) is 5.18. The quantitative estimate of drug-likeness (QED) is 0.494. The number of hydrogen-bond acceptors (Lipinski definition) is 1. The van der Waals surface area contributed by atoms with Crippen molar-refractivity contribution in [2.24, 2.45) is 0 Å². The molecule has 2 aromatic carbocycles. The van der Waals surface area contributed by atoms with E-state index in [-0.39, 0.29) is 11.8 Å². The summed E-state index contributed by atoms with van der Waals surface area (Å²) in [5.41, 5.74) is 9.54. The maximum Gasteiger partial charge on any atom is 0.224 e. The zero-order valence-electron chi connectivity index (χ0n) is 18.4. The van der Waals surface area contributed by atoms with E-state index in [1.807, 2.05) is 0 Å². The topological polar surface area (TPSA) is 29.1 Å². The van der Waals surface area contributed by atoms with Gasteiger partial charge in [0.1, 0.15) is 0 Å². The summed E-state index contributed by atoms with van der Waals surface area (Å²) in [6, 6.07) is 13.2. The Kier molecular flexibility index (Phi) is 6.77. The van der Waals surface area contributed by atoms with Gasteiger partial charge in [0, 0.05) is 5.94 Å². The molecule has 2 aliphatic rings. The van der Waals surface area contributed by atoms with Gasteiger partial charge in [-0.1, -0.05) is 62.7 Å². The number of allylic oxidation sites excluding steroid dienone is 1. The van der Waals surface area contributed by atoms with Crippen LogP contribution in [-0.2, 0) is 36.8 Å². The highest BCUT2D eigenvalue weighted by Crippen LogP contribution is 2.29. The number of amides is 1. The number of unbranched alkanes of at least 4 members (excludes halogenated alkanes) is 2. The number of carbonyl (C=O) groups is 1. The summed E-state index contributed by atoms with van der Waals surface area (Å²) >= 11 is 0. The molecular weight excluding hydrogens is 365 g/mol. The normalized spacial score (nSPS) is 17.0. The van der Waals surface area contributed by atoms with Gasteiger partial charge < -0.3 is 5.32 Å². The number of carbonyl (C=O) groups excluding carboxylic acids is 1. The molecule has 1 aliphatic carbocycles. The van der Waals surface area contributed by atoms with Gasteiger partial charge in [0.2, 0.25) is 5.91 Å². The standard InChI is InChI=1S/C27H34BNO/c1-3-4-5-8-19(2)24-12-7-11-23-17-26(28-18-25(23)24)29-27(30)16-20-13-14-21-9-6-10-22(21)15-20/h7,11-15,26,28H,2-6,8-10,16-18H2,1H3,(H,29,30). The Morgan fingerprint density at radius 1 is 1.13 bits per heavy atom. The Morgan fingerprint density at radius 3 is 2.87 bits per heavy atom. The van der Waals surface area contributed by atoms with Crippen LogP contribution in [0.4, 0.5) is 0 Å². The Hall–Kier alpha value is -2.29. The molecule has 30 heavy (non-hydrogen) atoms. The van der Waals surface area contributed by atoms with Gasteiger partial charge in [0.15, 0.2) is 7.28 Å². The van der Waals surface area contributed by atoms with Gasteiger partial charge in [-0.2, -0.15) is 0 Å². The first kappa shape index (κ1) is 21.0. The average molecular weight is 399 g/mol. The molecule has 2 nitrogen and oxygen atoms in total. The molecular formula is C27H34BNO. The van der Waals surface area contributed by atoms with Crippen LogP contribution in [0.25, 0.3) is 5.57 Å². The van der Waals surface area contributed by atoms with Crippen LogP contribution in [0.15, 0.2) is 43.0 Å². The van der Waals surface area contributed by atoms with Crippen molar-refractivity contribution in [3.8, 4) is 0 Å². The maximum atomic E-state index is 12.7. The summed E-state index contributed by atoms with van der Waals surface area (Å²) in [5, 5.41) is 3.31. The van der Waals surface area contributed by atoms with E-state index in [4.69, 9.17) is 0 Å². The molecule has 0 saturated heterocycles. The summed E-state index contributed by atoms with van der Waals surface area (Å²) in [6.07, 6.45) is 10.9. The van der Waals surface area contributed by atoms with Crippen molar-refractivity contribution in [3.05, 3.63) is 76.4 Å². The second-order valence-corrected chi connectivity index (χ2v) is 9.14. The fourth-order valence-corrected chi connectivity index (χ4v) is 5.18. The Morgan fingerprint density at radius 2 is 2.00 bits per heavy atom. The Balaban J connectivity index is 1.35. The molecule has 1 amide bonds. The monoisotopic (exact) mass is 399 g/mol. The molecule has 156 valence electrons. The van der Waals surface area contributed by atoms with Crippen molar-refractivity contribution in [1.29, 1.82) is 0 Å². The zero-order valence-corrected chi connectivity index (χ0v) is 18.4. The van der Waals surface area contributed by atoms with Crippen molar-refractivity contribution in [1.82, 2.24) is 5.32 Å². The molecule has 0 spiro atoms. The first-order valence-corrected chi connectivity index (χ1v) is 11.8. The van der Waals surface area contributed by atoms with Gasteiger partial charge >= 0.3 is 0 Å². The van der Waals surface area contributed by atoms with Crippen LogP contribution < -0.4 is 5.32 Å². The molecule has 0 bridgehead atoms. The van der Waals surface area contributed by atoms with E-state index in [0.717, 1.165) is 38.4 Å². The number of benzene rings is 2. The molecule has 0 aromatic heterocycles. The number of hydrogen-bond donors (Lipinski definition) is 1. The van der Waals surface area contributed by atoms with Crippen molar-refractivity contribution in [2.45, 2.75) is 77.0 Å². The van der Waals surface area contributed by atoms with E-state index in [9.17, 15) is 4.79 Å². The van der Waals surface area contributed by atoms with E-state index in [1.54, 1.807) is 0 Å². The highest BCUT2D eigenvalue weighted by Gasteiger charge is 2.24. The van der Waals surface area contributed by atoms with Crippen molar-refractivity contribution >= 4 is 18.8 Å². The number of rotatable bonds is 8. The lowest BCUT2D eigenvalue weighted by Gasteiger charge is -2.27. The van der Waals surface area contributed by atoms with Crippen LogP contribution in [0.5, 0.6) is 0 Å². The van der Waals surface area contributed by atoms with E-state index in [1.165, 1.54) is 65.5 Å². The Bertz CT molecular complexity index is 932. The van der Waals surface area contributed by atoms with Crippen molar-refractivity contribution < 1.29 is 4.79 Å². The summed E-state index contributed by atoms with van der Waals surface area (Å²) < 4.78 is 0. The van der Waals surface area contributed by atoms with Crippen molar-refractivity contribution in [2.75, 3.05) is 0 Å².